The lowest BCUT2D eigenvalue weighted by atomic mass is 10.4. The second kappa shape index (κ2) is 6.22. The van der Waals surface area contributed by atoms with Crippen molar-refractivity contribution < 1.29 is 14.1 Å². The van der Waals surface area contributed by atoms with Gasteiger partial charge < -0.3 is 0 Å². The summed E-state index contributed by atoms with van der Waals surface area (Å²) in [7, 11) is 0. The van der Waals surface area contributed by atoms with Crippen LogP contribution in [0.4, 0.5) is 10.1 Å². The molecule has 0 bridgehead atoms. The molecule has 0 saturated heterocycles. The number of hydrazone groups is 1. The van der Waals surface area contributed by atoms with Gasteiger partial charge in [-0.3, -0.25) is 19.6 Å². The number of carbonyl (C=O) groups is 1. The molecule has 0 aliphatic rings. The van der Waals surface area contributed by atoms with E-state index < -0.39 is 10.8 Å². The van der Waals surface area contributed by atoms with Crippen molar-refractivity contribution in [2.45, 2.75) is 13.5 Å². The molecule has 0 radical (unpaired) electrons. The van der Waals surface area contributed by atoms with Gasteiger partial charge in [0, 0.05) is 0 Å². The van der Waals surface area contributed by atoms with Gasteiger partial charge in [-0.2, -0.15) is 14.6 Å². The first-order valence-corrected chi connectivity index (χ1v) is 6.53. The SMILES string of the molecule is Cc1nn(CC(=O)N/N=C\c2ccc(F)s2)cc1[N+](=O)[O-]. The van der Waals surface area contributed by atoms with Gasteiger partial charge in [0.1, 0.15) is 18.4 Å². The molecule has 0 saturated carbocycles. The lowest BCUT2D eigenvalue weighted by Crippen LogP contribution is -2.23. The van der Waals surface area contributed by atoms with Crippen LogP contribution in [-0.4, -0.2) is 26.8 Å². The second-order valence-electron chi connectivity index (χ2n) is 3.99. The number of aryl methyl sites for hydroxylation is 1. The Kier molecular flexibility index (Phi) is 4.38. The van der Waals surface area contributed by atoms with E-state index in [0.717, 1.165) is 16.0 Å². The number of nitrogens with one attached hydrogen (secondary N) is 1. The van der Waals surface area contributed by atoms with Gasteiger partial charge >= 0.3 is 5.69 Å². The molecule has 2 aromatic heterocycles. The van der Waals surface area contributed by atoms with E-state index in [0.29, 0.717) is 4.88 Å². The van der Waals surface area contributed by atoms with Crippen molar-refractivity contribution in [2.75, 3.05) is 0 Å². The lowest BCUT2D eigenvalue weighted by molar-refractivity contribution is -0.385. The number of rotatable bonds is 5. The predicted octanol–water partition coefficient (Wildman–Crippen LogP) is 1.45. The van der Waals surface area contributed by atoms with Crippen LogP contribution in [0.3, 0.4) is 0 Å². The normalized spacial score (nSPS) is 11.0. The Balaban J connectivity index is 1.91. The fourth-order valence-electron chi connectivity index (χ4n) is 1.52. The van der Waals surface area contributed by atoms with E-state index in [1.807, 2.05) is 0 Å². The zero-order valence-corrected chi connectivity index (χ0v) is 11.6. The van der Waals surface area contributed by atoms with Crippen molar-refractivity contribution in [2.24, 2.45) is 5.10 Å². The van der Waals surface area contributed by atoms with Gasteiger partial charge in [-0.25, -0.2) is 5.43 Å². The van der Waals surface area contributed by atoms with Crippen molar-refractivity contribution in [3.63, 3.8) is 0 Å². The van der Waals surface area contributed by atoms with Gasteiger partial charge in [0.2, 0.25) is 0 Å². The van der Waals surface area contributed by atoms with Gasteiger partial charge in [-0.05, 0) is 19.1 Å². The fourth-order valence-corrected chi connectivity index (χ4v) is 2.12. The Morgan fingerprint density at radius 3 is 3.00 bits per heavy atom. The highest BCUT2D eigenvalue weighted by molar-refractivity contribution is 7.12. The van der Waals surface area contributed by atoms with Crippen molar-refractivity contribution in [3.8, 4) is 0 Å². The zero-order valence-electron chi connectivity index (χ0n) is 10.8. The summed E-state index contributed by atoms with van der Waals surface area (Å²) in [6, 6.07) is 2.81. The predicted molar refractivity (Wildman–Crippen MR) is 73.6 cm³/mol. The van der Waals surface area contributed by atoms with Crippen LogP contribution in [0.2, 0.25) is 0 Å². The van der Waals surface area contributed by atoms with E-state index in [1.54, 1.807) is 0 Å². The standard InChI is InChI=1S/C11H10FN5O3S/c1-7-9(17(19)20)5-16(15-7)6-11(18)14-13-4-8-2-3-10(12)21-8/h2-5H,6H2,1H3,(H,14,18)/b13-4-. The van der Waals surface area contributed by atoms with Gasteiger partial charge in [0.25, 0.3) is 5.91 Å². The molecule has 0 unspecified atom stereocenters. The largest absolute Gasteiger partial charge is 0.309 e. The number of aromatic nitrogens is 2. The van der Waals surface area contributed by atoms with Crippen LogP contribution in [-0.2, 0) is 11.3 Å². The summed E-state index contributed by atoms with van der Waals surface area (Å²) >= 11 is 0.892. The fraction of sp³-hybridized carbons (Fsp3) is 0.182. The van der Waals surface area contributed by atoms with Crippen LogP contribution in [0.5, 0.6) is 0 Å². The average Bonchev–Trinajstić information content (AvgIpc) is 2.96. The van der Waals surface area contributed by atoms with E-state index >= 15 is 0 Å². The molecular weight excluding hydrogens is 301 g/mol. The smallest absolute Gasteiger partial charge is 0.271 e. The first-order valence-electron chi connectivity index (χ1n) is 5.71. The first-order chi connectivity index (χ1) is 9.95. The molecule has 2 rings (SSSR count). The van der Waals surface area contributed by atoms with Crippen LogP contribution in [0.25, 0.3) is 0 Å². The molecule has 0 spiro atoms. The monoisotopic (exact) mass is 311 g/mol. The van der Waals surface area contributed by atoms with Crippen LogP contribution >= 0.6 is 11.3 Å². The number of nitro groups is 1. The average molecular weight is 311 g/mol. The summed E-state index contributed by atoms with van der Waals surface area (Å²) in [4.78, 5) is 22.2. The molecule has 0 aliphatic carbocycles. The van der Waals surface area contributed by atoms with Gasteiger partial charge in [0.15, 0.2) is 5.13 Å². The Hall–Kier alpha value is -2.62. The topological polar surface area (TPSA) is 102 Å². The first kappa shape index (κ1) is 14.8. The van der Waals surface area contributed by atoms with E-state index in [1.165, 1.54) is 31.5 Å². The highest BCUT2D eigenvalue weighted by Gasteiger charge is 2.16. The van der Waals surface area contributed by atoms with Crippen LogP contribution in [0.1, 0.15) is 10.6 Å². The maximum Gasteiger partial charge on any atom is 0.309 e. The molecule has 0 fully saturated rings. The van der Waals surface area contributed by atoms with E-state index in [4.69, 9.17) is 0 Å². The van der Waals surface area contributed by atoms with Crippen molar-refractivity contribution >= 4 is 29.1 Å². The summed E-state index contributed by atoms with van der Waals surface area (Å²) in [5.41, 5.74) is 2.31. The molecule has 110 valence electrons. The van der Waals surface area contributed by atoms with Gasteiger partial charge in [-0.1, -0.05) is 0 Å². The molecule has 2 heterocycles. The number of hydrogen-bond donors (Lipinski definition) is 1. The Morgan fingerprint density at radius 1 is 1.67 bits per heavy atom. The van der Waals surface area contributed by atoms with E-state index in [2.05, 4.69) is 15.6 Å². The number of carbonyl (C=O) groups excluding carboxylic acids is 1. The maximum absolute atomic E-state index is 12.7. The number of halogens is 1. The summed E-state index contributed by atoms with van der Waals surface area (Å²) < 4.78 is 13.9. The minimum Gasteiger partial charge on any atom is -0.271 e. The second-order valence-corrected chi connectivity index (χ2v) is 5.06. The zero-order chi connectivity index (χ0) is 15.4. The van der Waals surface area contributed by atoms with Crippen molar-refractivity contribution in [1.29, 1.82) is 0 Å². The number of nitrogens with zero attached hydrogens (tertiary/aromatic N) is 4. The highest BCUT2D eigenvalue weighted by atomic mass is 32.1. The molecule has 2 aromatic rings. The minimum atomic E-state index is -0.569. The molecule has 0 aromatic carbocycles. The molecular formula is C11H10FN5O3S. The maximum atomic E-state index is 12.7. The molecule has 0 atom stereocenters. The number of hydrogen-bond acceptors (Lipinski definition) is 6. The summed E-state index contributed by atoms with van der Waals surface area (Å²) in [5, 5.41) is 17.8. The van der Waals surface area contributed by atoms with E-state index in [-0.39, 0.29) is 23.1 Å². The lowest BCUT2D eigenvalue weighted by Gasteiger charge is -1.98. The summed E-state index contributed by atoms with van der Waals surface area (Å²) in [5.74, 6) is -0.499. The molecule has 1 amide bonds. The Morgan fingerprint density at radius 2 is 2.43 bits per heavy atom. The van der Waals surface area contributed by atoms with E-state index in [9.17, 15) is 19.3 Å². The molecule has 10 heteroatoms. The third-order valence-corrected chi connectivity index (χ3v) is 3.21. The van der Waals surface area contributed by atoms with Gasteiger partial charge in [-0.15, -0.1) is 11.3 Å². The molecule has 8 nitrogen and oxygen atoms in total. The Labute approximate surface area is 122 Å². The quantitative estimate of drug-likeness (QED) is 0.513. The highest BCUT2D eigenvalue weighted by Crippen LogP contribution is 2.14. The third kappa shape index (κ3) is 3.92. The third-order valence-electron chi connectivity index (χ3n) is 2.40. The minimum absolute atomic E-state index is 0.152. The summed E-state index contributed by atoms with van der Waals surface area (Å²) in [6.45, 7) is 1.28. The number of amides is 1. The molecule has 0 aliphatic heterocycles. The van der Waals surface area contributed by atoms with Gasteiger partial charge in [0.05, 0.1) is 16.0 Å². The summed E-state index contributed by atoms with van der Waals surface area (Å²) in [6.07, 6.45) is 2.48. The molecule has 21 heavy (non-hydrogen) atoms. The van der Waals surface area contributed by atoms with Crippen LogP contribution in [0, 0.1) is 22.2 Å². The Bertz CT molecular complexity index is 709. The van der Waals surface area contributed by atoms with Crippen LogP contribution in [0.15, 0.2) is 23.4 Å². The van der Waals surface area contributed by atoms with Crippen molar-refractivity contribution in [3.05, 3.63) is 44.1 Å². The molecule has 1 N–H and O–H groups in total. The van der Waals surface area contributed by atoms with Crippen LogP contribution < -0.4 is 5.43 Å². The van der Waals surface area contributed by atoms with Crippen molar-refractivity contribution in [1.82, 2.24) is 15.2 Å². The number of thiophene rings is 1.